The van der Waals surface area contributed by atoms with Crippen molar-refractivity contribution in [2.24, 2.45) is 5.92 Å². The molecule has 26 heavy (non-hydrogen) atoms. The van der Waals surface area contributed by atoms with Gasteiger partial charge in [-0.05, 0) is 39.7 Å². The first kappa shape index (κ1) is 20.1. The third-order valence-electron chi connectivity index (χ3n) is 4.60. The molecule has 1 saturated heterocycles. The lowest BCUT2D eigenvalue weighted by molar-refractivity contribution is 0.0440. The minimum absolute atomic E-state index is 0.138. The number of rotatable bonds is 4. The maximum Gasteiger partial charge on any atom is 0.410 e. The Hall–Kier alpha value is -2.24. The number of nitrogens with zero attached hydrogens (tertiary/aromatic N) is 1. The fraction of sp³-hybridized carbons (Fsp3) is 0.600. The maximum atomic E-state index is 12.4. The van der Waals surface area contributed by atoms with Gasteiger partial charge in [0.1, 0.15) is 12.2 Å². The lowest BCUT2D eigenvalue weighted by atomic mass is 9.87. The zero-order chi connectivity index (χ0) is 19.4. The predicted octanol–water partition coefficient (Wildman–Crippen LogP) is 3.95. The van der Waals surface area contributed by atoms with Gasteiger partial charge in [-0.1, -0.05) is 37.3 Å². The summed E-state index contributed by atoms with van der Waals surface area (Å²) in [5, 5.41) is 2.96. The van der Waals surface area contributed by atoms with Gasteiger partial charge in [-0.25, -0.2) is 9.59 Å². The number of ether oxygens (including phenoxy) is 2. The maximum absolute atomic E-state index is 12.4. The smallest absolute Gasteiger partial charge is 0.410 e. The number of carbonyl (C=O) groups excluding carboxylic acids is 2. The molecule has 1 N–H and O–H groups in total. The summed E-state index contributed by atoms with van der Waals surface area (Å²) in [6.07, 6.45) is 0.0226. The monoisotopic (exact) mass is 362 g/mol. The first-order valence-electron chi connectivity index (χ1n) is 9.10. The molecule has 0 spiro atoms. The lowest BCUT2D eigenvalue weighted by Gasteiger charge is -2.32. The van der Waals surface area contributed by atoms with Gasteiger partial charge in [-0.3, -0.25) is 0 Å². The first-order chi connectivity index (χ1) is 12.1. The number of benzene rings is 1. The third-order valence-corrected chi connectivity index (χ3v) is 4.60. The molecule has 1 aromatic carbocycles. The number of hydrogen-bond acceptors (Lipinski definition) is 4. The van der Waals surface area contributed by atoms with Crippen LogP contribution in [0.5, 0.6) is 0 Å². The highest BCUT2D eigenvalue weighted by Gasteiger charge is 2.45. The second-order valence-electron chi connectivity index (χ2n) is 8.07. The van der Waals surface area contributed by atoms with E-state index in [2.05, 4.69) is 12.2 Å². The molecule has 1 fully saturated rings. The minimum atomic E-state index is -0.560. The fourth-order valence-corrected chi connectivity index (χ4v) is 3.27. The molecule has 144 valence electrons. The average Bonchev–Trinajstić information content (AvgIpc) is 2.88. The molecule has 0 bridgehead atoms. The molecule has 6 heteroatoms. The number of nitrogens with one attached hydrogen (secondary N) is 1. The van der Waals surface area contributed by atoms with Crippen molar-refractivity contribution in [3.05, 3.63) is 35.9 Å². The Balaban J connectivity index is 1.96. The number of alkyl carbamates (subject to hydrolysis) is 1. The summed E-state index contributed by atoms with van der Waals surface area (Å²) in [5.41, 5.74) is -0.153. The Bertz CT molecular complexity index is 626. The largest absolute Gasteiger partial charge is 0.445 e. The van der Waals surface area contributed by atoms with Crippen LogP contribution < -0.4 is 5.32 Å². The summed E-state index contributed by atoms with van der Waals surface area (Å²) in [6.45, 7) is 10.7. The molecule has 2 amide bonds. The van der Waals surface area contributed by atoms with Gasteiger partial charge in [0.05, 0.1) is 5.54 Å². The molecular weight excluding hydrogens is 332 g/mol. The molecule has 0 aromatic heterocycles. The number of carbonyl (C=O) groups is 2. The van der Waals surface area contributed by atoms with E-state index in [1.54, 1.807) is 4.90 Å². The van der Waals surface area contributed by atoms with Crippen molar-refractivity contribution in [2.45, 2.75) is 58.8 Å². The van der Waals surface area contributed by atoms with Crippen molar-refractivity contribution in [1.29, 1.82) is 0 Å². The second kappa shape index (κ2) is 7.98. The molecule has 1 aliphatic rings. The van der Waals surface area contributed by atoms with Gasteiger partial charge in [-0.15, -0.1) is 0 Å². The highest BCUT2D eigenvalue weighted by molar-refractivity contribution is 5.71. The van der Waals surface area contributed by atoms with Gasteiger partial charge in [0, 0.05) is 19.0 Å². The van der Waals surface area contributed by atoms with Crippen molar-refractivity contribution in [3.8, 4) is 0 Å². The second-order valence-corrected chi connectivity index (χ2v) is 8.07. The summed E-state index contributed by atoms with van der Waals surface area (Å²) in [5.74, 6) is 0.138. The highest BCUT2D eigenvalue weighted by Crippen LogP contribution is 2.31. The van der Waals surface area contributed by atoms with Gasteiger partial charge >= 0.3 is 12.2 Å². The number of amides is 2. The molecule has 2 rings (SSSR count). The van der Waals surface area contributed by atoms with Crippen LogP contribution in [0.2, 0.25) is 0 Å². The van der Waals surface area contributed by atoms with E-state index >= 15 is 0 Å². The van der Waals surface area contributed by atoms with E-state index in [9.17, 15) is 9.59 Å². The van der Waals surface area contributed by atoms with Crippen LogP contribution in [0.1, 0.15) is 46.6 Å². The molecule has 0 unspecified atom stereocenters. The summed E-state index contributed by atoms with van der Waals surface area (Å²) in [6, 6.07) is 9.58. The SMILES string of the molecule is CC[C@H]1CN(C(=O)OCc2ccccc2)C[C@]1(C)NC(=O)OC(C)(C)C. The first-order valence-corrected chi connectivity index (χ1v) is 9.10. The Morgan fingerprint density at radius 3 is 2.50 bits per heavy atom. The van der Waals surface area contributed by atoms with Gasteiger partial charge < -0.3 is 19.7 Å². The molecule has 1 aliphatic heterocycles. The van der Waals surface area contributed by atoms with Crippen molar-refractivity contribution >= 4 is 12.2 Å². The van der Waals surface area contributed by atoms with Crippen molar-refractivity contribution in [3.63, 3.8) is 0 Å². The summed E-state index contributed by atoms with van der Waals surface area (Å²) >= 11 is 0. The molecular formula is C20H30N2O4. The van der Waals surface area contributed by atoms with Crippen LogP contribution >= 0.6 is 0 Å². The van der Waals surface area contributed by atoms with E-state index in [4.69, 9.17) is 9.47 Å². The van der Waals surface area contributed by atoms with E-state index < -0.39 is 17.2 Å². The standard InChI is InChI=1S/C20H30N2O4/c1-6-16-12-22(18(24)25-13-15-10-8-7-9-11-15)14-20(16,5)21-17(23)26-19(2,3)4/h7-11,16H,6,12-14H2,1-5H3,(H,21,23)/t16-,20-/m0/s1. The van der Waals surface area contributed by atoms with Crippen LogP contribution in [0.25, 0.3) is 0 Å². The number of hydrogen-bond donors (Lipinski definition) is 1. The van der Waals surface area contributed by atoms with Gasteiger partial charge in [0.15, 0.2) is 0 Å². The summed E-state index contributed by atoms with van der Waals surface area (Å²) < 4.78 is 10.8. The molecule has 1 aromatic rings. The van der Waals surface area contributed by atoms with Crippen molar-refractivity contribution < 1.29 is 19.1 Å². The molecule has 6 nitrogen and oxygen atoms in total. The Kier molecular flexibility index (Phi) is 6.16. The number of likely N-dealkylation sites (tertiary alicyclic amines) is 1. The van der Waals surface area contributed by atoms with Gasteiger partial charge in [-0.2, -0.15) is 0 Å². The van der Waals surface area contributed by atoms with Crippen molar-refractivity contribution in [1.82, 2.24) is 10.2 Å². The zero-order valence-electron chi connectivity index (χ0n) is 16.4. The Labute approximate surface area is 155 Å². The van der Waals surface area contributed by atoms with Gasteiger partial charge in [0.25, 0.3) is 0 Å². The van der Waals surface area contributed by atoms with Crippen LogP contribution in [-0.4, -0.2) is 41.3 Å². The van der Waals surface area contributed by atoms with E-state index in [1.165, 1.54) is 0 Å². The molecule has 0 radical (unpaired) electrons. The Morgan fingerprint density at radius 1 is 1.27 bits per heavy atom. The van der Waals surface area contributed by atoms with Crippen LogP contribution in [0.15, 0.2) is 30.3 Å². The molecule has 1 heterocycles. The Morgan fingerprint density at radius 2 is 1.92 bits per heavy atom. The highest BCUT2D eigenvalue weighted by atomic mass is 16.6. The third kappa shape index (κ3) is 5.38. The fourth-order valence-electron chi connectivity index (χ4n) is 3.27. The van der Waals surface area contributed by atoms with Crippen LogP contribution in [0.4, 0.5) is 9.59 Å². The van der Waals surface area contributed by atoms with E-state index in [0.29, 0.717) is 13.1 Å². The molecule has 0 saturated carbocycles. The molecule has 0 aliphatic carbocycles. The predicted molar refractivity (Wildman–Crippen MR) is 99.8 cm³/mol. The summed E-state index contributed by atoms with van der Waals surface area (Å²) in [7, 11) is 0. The van der Waals surface area contributed by atoms with Gasteiger partial charge in [0.2, 0.25) is 0 Å². The van der Waals surface area contributed by atoms with Crippen molar-refractivity contribution in [2.75, 3.05) is 13.1 Å². The normalized spacial score (nSPS) is 22.8. The zero-order valence-corrected chi connectivity index (χ0v) is 16.4. The van der Waals surface area contributed by atoms with E-state index in [1.807, 2.05) is 58.0 Å². The quantitative estimate of drug-likeness (QED) is 0.881. The minimum Gasteiger partial charge on any atom is -0.445 e. The topological polar surface area (TPSA) is 67.9 Å². The van der Waals surface area contributed by atoms with Crippen LogP contribution in [0, 0.1) is 5.92 Å². The van der Waals surface area contributed by atoms with E-state index in [0.717, 1.165) is 12.0 Å². The van der Waals surface area contributed by atoms with Crippen LogP contribution in [0.3, 0.4) is 0 Å². The van der Waals surface area contributed by atoms with E-state index in [-0.39, 0.29) is 18.6 Å². The van der Waals surface area contributed by atoms with Crippen LogP contribution in [-0.2, 0) is 16.1 Å². The lowest BCUT2D eigenvalue weighted by Crippen LogP contribution is -2.53. The average molecular weight is 362 g/mol. The summed E-state index contributed by atoms with van der Waals surface area (Å²) in [4.78, 5) is 26.3. The molecule has 2 atom stereocenters.